The molecule has 2 amide bonds. The molecule has 0 N–H and O–H groups in total. The van der Waals surface area contributed by atoms with Crippen molar-refractivity contribution in [3.05, 3.63) is 70.0 Å². The minimum absolute atomic E-state index is 0.00639. The van der Waals surface area contributed by atoms with Gasteiger partial charge in [-0.25, -0.2) is 4.39 Å². The molecule has 2 aromatic carbocycles. The van der Waals surface area contributed by atoms with Gasteiger partial charge in [0.1, 0.15) is 5.82 Å². The van der Waals surface area contributed by atoms with Crippen molar-refractivity contribution in [2.24, 2.45) is 5.92 Å². The quantitative estimate of drug-likeness (QED) is 0.598. The summed E-state index contributed by atoms with van der Waals surface area (Å²) >= 11 is 0. The molecule has 0 bridgehead atoms. The Labute approximate surface area is 155 Å². The van der Waals surface area contributed by atoms with Crippen LogP contribution in [0.3, 0.4) is 0 Å². The van der Waals surface area contributed by atoms with E-state index < -0.39 is 16.7 Å². The first kappa shape index (κ1) is 18.5. The Balaban J connectivity index is 1.69. The summed E-state index contributed by atoms with van der Waals surface area (Å²) in [5.41, 5.74) is 0.740. The molecule has 0 spiro atoms. The standard InChI is InChI=1S/C19H18FN3O4/c1-21(11-13-5-4-6-15(9-13)23(26)27)19(25)14-10-18(24)22(12-14)17-8-3-2-7-16(17)20/h2-9,14H,10-12H2,1H3. The molecule has 27 heavy (non-hydrogen) atoms. The van der Waals surface area contributed by atoms with Crippen molar-refractivity contribution in [3.8, 4) is 0 Å². The molecule has 3 rings (SSSR count). The van der Waals surface area contributed by atoms with Gasteiger partial charge in [0.25, 0.3) is 5.69 Å². The number of rotatable bonds is 5. The van der Waals surface area contributed by atoms with E-state index in [0.29, 0.717) is 5.56 Å². The summed E-state index contributed by atoms with van der Waals surface area (Å²) < 4.78 is 13.9. The molecule has 1 heterocycles. The van der Waals surface area contributed by atoms with Crippen LogP contribution in [0.4, 0.5) is 15.8 Å². The lowest BCUT2D eigenvalue weighted by Crippen LogP contribution is -2.34. The van der Waals surface area contributed by atoms with Gasteiger partial charge < -0.3 is 9.80 Å². The lowest BCUT2D eigenvalue weighted by Gasteiger charge is -2.21. The van der Waals surface area contributed by atoms with Crippen molar-refractivity contribution in [1.82, 2.24) is 4.90 Å². The van der Waals surface area contributed by atoms with Crippen molar-refractivity contribution in [2.45, 2.75) is 13.0 Å². The fraction of sp³-hybridized carbons (Fsp3) is 0.263. The number of carbonyl (C=O) groups excluding carboxylic acids is 2. The van der Waals surface area contributed by atoms with Crippen LogP contribution >= 0.6 is 0 Å². The normalized spacial score (nSPS) is 16.4. The highest BCUT2D eigenvalue weighted by molar-refractivity contribution is 6.00. The van der Waals surface area contributed by atoms with Gasteiger partial charge in [0.15, 0.2) is 0 Å². The van der Waals surface area contributed by atoms with Gasteiger partial charge in [-0.2, -0.15) is 0 Å². The number of anilines is 1. The molecular weight excluding hydrogens is 353 g/mol. The van der Waals surface area contributed by atoms with Crippen molar-refractivity contribution in [3.63, 3.8) is 0 Å². The number of para-hydroxylation sites is 1. The smallest absolute Gasteiger partial charge is 0.269 e. The number of nitro groups is 1. The van der Waals surface area contributed by atoms with Gasteiger partial charge in [0.05, 0.1) is 16.5 Å². The first-order valence-electron chi connectivity index (χ1n) is 8.40. The zero-order valence-electron chi connectivity index (χ0n) is 14.7. The lowest BCUT2D eigenvalue weighted by molar-refractivity contribution is -0.384. The number of hydrogen-bond donors (Lipinski definition) is 0. The van der Waals surface area contributed by atoms with E-state index in [1.165, 1.54) is 40.1 Å². The summed E-state index contributed by atoms with van der Waals surface area (Å²) in [4.78, 5) is 38.0. The molecule has 1 aliphatic rings. The lowest BCUT2D eigenvalue weighted by atomic mass is 10.1. The summed E-state index contributed by atoms with van der Waals surface area (Å²) in [6.07, 6.45) is 0.00639. The van der Waals surface area contributed by atoms with Gasteiger partial charge in [-0.05, 0) is 17.7 Å². The summed E-state index contributed by atoms with van der Waals surface area (Å²) in [7, 11) is 1.58. The number of halogens is 1. The molecule has 0 saturated carbocycles. The fourth-order valence-electron chi connectivity index (χ4n) is 3.21. The van der Waals surface area contributed by atoms with Crippen LogP contribution in [0.5, 0.6) is 0 Å². The van der Waals surface area contributed by atoms with E-state index in [1.807, 2.05) is 0 Å². The molecule has 2 aromatic rings. The molecule has 1 unspecified atom stereocenters. The summed E-state index contributed by atoms with van der Waals surface area (Å²) in [6, 6.07) is 12.0. The van der Waals surface area contributed by atoms with Crippen LogP contribution < -0.4 is 4.90 Å². The number of amides is 2. The Morgan fingerprint density at radius 1 is 1.30 bits per heavy atom. The predicted octanol–water partition coefficient (Wildman–Crippen LogP) is 2.75. The van der Waals surface area contributed by atoms with Crippen LogP contribution in [0.25, 0.3) is 0 Å². The number of benzene rings is 2. The zero-order valence-corrected chi connectivity index (χ0v) is 14.7. The summed E-state index contributed by atoms with van der Waals surface area (Å²) in [5, 5.41) is 10.9. The van der Waals surface area contributed by atoms with E-state index in [4.69, 9.17) is 0 Å². The van der Waals surface area contributed by atoms with Crippen LogP contribution in [-0.2, 0) is 16.1 Å². The highest BCUT2D eigenvalue weighted by atomic mass is 19.1. The maximum Gasteiger partial charge on any atom is 0.269 e. The van der Waals surface area contributed by atoms with Crippen LogP contribution in [0, 0.1) is 21.8 Å². The van der Waals surface area contributed by atoms with Gasteiger partial charge in [0.2, 0.25) is 11.8 Å². The first-order valence-corrected chi connectivity index (χ1v) is 8.40. The van der Waals surface area contributed by atoms with E-state index in [-0.39, 0.29) is 42.7 Å². The van der Waals surface area contributed by atoms with E-state index in [0.717, 1.165) is 0 Å². The van der Waals surface area contributed by atoms with Crippen LogP contribution in [-0.4, -0.2) is 35.2 Å². The van der Waals surface area contributed by atoms with Crippen molar-refractivity contribution >= 4 is 23.2 Å². The Bertz CT molecular complexity index is 902. The zero-order chi connectivity index (χ0) is 19.6. The topological polar surface area (TPSA) is 83.8 Å². The van der Waals surface area contributed by atoms with Crippen LogP contribution in [0.1, 0.15) is 12.0 Å². The fourth-order valence-corrected chi connectivity index (χ4v) is 3.21. The third-order valence-corrected chi connectivity index (χ3v) is 4.53. The van der Waals surface area contributed by atoms with Crippen LogP contribution in [0.2, 0.25) is 0 Å². The Morgan fingerprint density at radius 2 is 2.04 bits per heavy atom. The van der Waals surface area contributed by atoms with Crippen molar-refractivity contribution < 1.29 is 18.9 Å². The van der Waals surface area contributed by atoms with Crippen molar-refractivity contribution in [1.29, 1.82) is 0 Å². The van der Waals surface area contributed by atoms with E-state index in [1.54, 1.807) is 25.2 Å². The average Bonchev–Trinajstić information content (AvgIpc) is 3.03. The maximum absolute atomic E-state index is 13.9. The number of nitrogens with zero attached hydrogens (tertiary/aromatic N) is 3. The van der Waals surface area contributed by atoms with Crippen LogP contribution in [0.15, 0.2) is 48.5 Å². The number of hydrogen-bond acceptors (Lipinski definition) is 4. The second-order valence-electron chi connectivity index (χ2n) is 6.48. The van der Waals surface area contributed by atoms with Gasteiger partial charge in [-0.15, -0.1) is 0 Å². The molecule has 1 fully saturated rings. The Hall–Kier alpha value is -3.29. The van der Waals surface area contributed by atoms with E-state index >= 15 is 0 Å². The highest BCUT2D eigenvalue weighted by Crippen LogP contribution is 2.28. The second-order valence-corrected chi connectivity index (χ2v) is 6.48. The van der Waals surface area contributed by atoms with Gasteiger partial charge in [-0.3, -0.25) is 19.7 Å². The molecular formula is C19H18FN3O4. The molecule has 1 aliphatic heterocycles. The molecule has 8 heteroatoms. The monoisotopic (exact) mass is 371 g/mol. The predicted molar refractivity (Wildman–Crippen MR) is 96.4 cm³/mol. The summed E-state index contributed by atoms with van der Waals surface area (Å²) in [6.45, 7) is 0.294. The SMILES string of the molecule is CN(Cc1cccc([N+](=O)[O-])c1)C(=O)C1CC(=O)N(c2ccccc2F)C1. The number of carbonyl (C=O) groups is 2. The highest BCUT2D eigenvalue weighted by Gasteiger charge is 2.37. The Kier molecular flexibility index (Phi) is 5.16. The van der Waals surface area contributed by atoms with Gasteiger partial charge >= 0.3 is 0 Å². The van der Waals surface area contributed by atoms with E-state index in [9.17, 15) is 24.1 Å². The van der Waals surface area contributed by atoms with E-state index in [2.05, 4.69) is 0 Å². The average molecular weight is 371 g/mol. The molecule has 0 aliphatic carbocycles. The third-order valence-electron chi connectivity index (χ3n) is 4.53. The third kappa shape index (κ3) is 3.94. The molecule has 0 aromatic heterocycles. The number of non-ortho nitro benzene ring substituents is 1. The number of nitro benzene ring substituents is 1. The summed E-state index contributed by atoms with van der Waals surface area (Å²) in [5.74, 6) is -1.65. The largest absolute Gasteiger partial charge is 0.341 e. The van der Waals surface area contributed by atoms with Crippen molar-refractivity contribution in [2.75, 3.05) is 18.5 Å². The molecule has 1 atom stereocenters. The van der Waals surface area contributed by atoms with Gasteiger partial charge in [-0.1, -0.05) is 24.3 Å². The Morgan fingerprint density at radius 3 is 2.74 bits per heavy atom. The first-order chi connectivity index (χ1) is 12.9. The minimum atomic E-state index is -0.583. The molecule has 7 nitrogen and oxygen atoms in total. The second kappa shape index (κ2) is 7.53. The maximum atomic E-state index is 13.9. The minimum Gasteiger partial charge on any atom is -0.341 e. The van der Waals surface area contributed by atoms with Gasteiger partial charge in [0, 0.05) is 38.7 Å². The molecule has 1 saturated heterocycles. The molecule has 0 radical (unpaired) electrons. The molecule has 140 valence electrons.